The molecule has 7 heteroatoms. The molecule has 0 radical (unpaired) electrons. The molecule has 6 nitrogen and oxygen atoms in total. The van der Waals surface area contributed by atoms with Crippen molar-refractivity contribution >= 4 is 28.9 Å². The minimum atomic E-state index is -0.662. The SMILES string of the molecule is Br.CC1(C)N=C(N)N=C(N)N1OCc1ccccc1. The van der Waals surface area contributed by atoms with Crippen molar-refractivity contribution in [2.75, 3.05) is 0 Å². The van der Waals surface area contributed by atoms with E-state index >= 15 is 0 Å². The summed E-state index contributed by atoms with van der Waals surface area (Å²) < 4.78 is 0. The van der Waals surface area contributed by atoms with Crippen molar-refractivity contribution in [2.45, 2.75) is 26.1 Å². The molecule has 0 fully saturated rings. The maximum absolute atomic E-state index is 5.80. The van der Waals surface area contributed by atoms with E-state index in [-0.39, 0.29) is 28.9 Å². The summed E-state index contributed by atoms with van der Waals surface area (Å²) in [6.07, 6.45) is 0. The highest BCUT2D eigenvalue weighted by Gasteiger charge is 2.33. The van der Waals surface area contributed by atoms with E-state index in [9.17, 15) is 0 Å². The molecule has 1 aromatic carbocycles. The highest BCUT2D eigenvalue weighted by molar-refractivity contribution is 8.93. The first kappa shape index (κ1) is 15.5. The van der Waals surface area contributed by atoms with E-state index in [0.29, 0.717) is 6.61 Å². The maximum atomic E-state index is 5.80. The van der Waals surface area contributed by atoms with Gasteiger partial charge in [-0.15, -0.1) is 17.0 Å². The Kier molecular flexibility index (Phi) is 4.90. The van der Waals surface area contributed by atoms with Gasteiger partial charge in [0.25, 0.3) is 0 Å². The van der Waals surface area contributed by atoms with Crippen LogP contribution in [0.15, 0.2) is 40.3 Å². The molecular formula is C12H18BrN5O. The number of guanidine groups is 2. The van der Waals surface area contributed by atoms with Gasteiger partial charge in [-0.1, -0.05) is 30.3 Å². The summed E-state index contributed by atoms with van der Waals surface area (Å²) in [7, 11) is 0. The van der Waals surface area contributed by atoms with Crippen LogP contribution < -0.4 is 11.5 Å². The Labute approximate surface area is 122 Å². The number of nitrogens with zero attached hydrogens (tertiary/aromatic N) is 3. The van der Waals surface area contributed by atoms with Gasteiger partial charge in [0.05, 0.1) is 0 Å². The van der Waals surface area contributed by atoms with E-state index in [1.807, 2.05) is 44.2 Å². The van der Waals surface area contributed by atoms with Gasteiger partial charge in [-0.05, 0) is 19.4 Å². The molecule has 1 aromatic rings. The van der Waals surface area contributed by atoms with Crippen LogP contribution in [0.1, 0.15) is 19.4 Å². The summed E-state index contributed by atoms with van der Waals surface area (Å²) in [4.78, 5) is 13.7. The quantitative estimate of drug-likeness (QED) is 0.877. The van der Waals surface area contributed by atoms with Crippen molar-refractivity contribution in [2.24, 2.45) is 21.5 Å². The second-order valence-corrected chi connectivity index (χ2v) is 4.49. The molecule has 0 saturated heterocycles. The molecule has 1 aliphatic heterocycles. The van der Waals surface area contributed by atoms with E-state index in [1.165, 1.54) is 5.06 Å². The zero-order valence-electron chi connectivity index (χ0n) is 10.9. The Morgan fingerprint density at radius 3 is 2.42 bits per heavy atom. The number of halogens is 1. The van der Waals surface area contributed by atoms with E-state index in [2.05, 4.69) is 9.98 Å². The summed E-state index contributed by atoms with van der Waals surface area (Å²) in [6, 6.07) is 9.81. The van der Waals surface area contributed by atoms with Crippen LogP contribution in [0.5, 0.6) is 0 Å². The highest BCUT2D eigenvalue weighted by atomic mass is 79.9. The van der Waals surface area contributed by atoms with Crippen molar-refractivity contribution in [3.8, 4) is 0 Å². The molecule has 0 aromatic heterocycles. The summed E-state index contributed by atoms with van der Waals surface area (Å²) in [6.45, 7) is 4.11. The Bertz CT molecular complexity index is 486. The molecule has 0 aliphatic carbocycles. The van der Waals surface area contributed by atoms with Crippen LogP contribution in [0.25, 0.3) is 0 Å². The highest BCUT2D eigenvalue weighted by Crippen LogP contribution is 2.20. The zero-order chi connectivity index (χ0) is 13.2. The minimum absolute atomic E-state index is 0. The average Bonchev–Trinajstić information content (AvgIpc) is 2.27. The molecule has 0 unspecified atom stereocenters. The van der Waals surface area contributed by atoms with Gasteiger partial charge in [0.1, 0.15) is 6.61 Å². The van der Waals surface area contributed by atoms with Crippen LogP contribution >= 0.6 is 17.0 Å². The maximum Gasteiger partial charge on any atom is 0.226 e. The molecule has 1 aliphatic rings. The van der Waals surface area contributed by atoms with E-state index in [4.69, 9.17) is 16.3 Å². The molecule has 19 heavy (non-hydrogen) atoms. The predicted octanol–water partition coefficient (Wildman–Crippen LogP) is 1.38. The standard InChI is InChI=1S/C12H17N5O.BrH/c1-12(2)16-10(13)15-11(14)17(12)18-8-9-6-4-3-5-7-9;/h3-7H,8H2,1-2H3,(H4,13,14,15,16);1H. The lowest BCUT2D eigenvalue weighted by Crippen LogP contribution is -2.53. The fourth-order valence-corrected chi connectivity index (χ4v) is 1.73. The van der Waals surface area contributed by atoms with E-state index < -0.39 is 5.66 Å². The molecule has 104 valence electrons. The topological polar surface area (TPSA) is 89.2 Å². The van der Waals surface area contributed by atoms with Crippen LogP contribution in [0.4, 0.5) is 0 Å². The first-order valence-electron chi connectivity index (χ1n) is 5.65. The van der Waals surface area contributed by atoms with Crippen molar-refractivity contribution in [1.29, 1.82) is 0 Å². The first-order chi connectivity index (χ1) is 8.49. The second kappa shape index (κ2) is 6.03. The summed E-state index contributed by atoms with van der Waals surface area (Å²) in [5, 5.41) is 1.47. The summed E-state index contributed by atoms with van der Waals surface area (Å²) in [5.41, 5.74) is 11.8. The van der Waals surface area contributed by atoms with Crippen molar-refractivity contribution in [1.82, 2.24) is 5.06 Å². The normalized spacial score (nSPS) is 17.3. The molecule has 0 atom stereocenters. The van der Waals surface area contributed by atoms with Crippen LogP contribution in [0.2, 0.25) is 0 Å². The number of hydrogen-bond acceptors (Lipinski definition) is 6. The molecule has 0 spiro atoms. The molecule has 0 amide bonds. The predicted molar refractivity (Wildman–Crippen MR) is 80.7 cm³/mol. The molecule has 0 bridgehead atoms. The van der Waals surface area contributed by atoms with Crippen LogP contribution in [-0.4, -0.2) is 22.6 Å². The third-order valence-electron chi connectivity index (χ3n) is 2.53. The molecule has 0 saturated carbocycles. The lowest BCUT2D eigenvalue weighted by Gasteiger charge is -2.36. The second-order valence-electron chi connectivity index (χ2n) is 4.49. The fourth-order valence-electron chi connectivity index (χ4n) is 1.73. The van der Waals surface area contributed by atoms with Crippen LogP contribution in [0, 0.1) is 0 Å². The van der Waals surface area contributed by atoms with Crippen molar-refractivity contribution in [3.05, 3.63) is 35.9 Å². The molecular weight excluding hydrogens is 310 g/mol. The fraction of sp³-hybridized carbons (Fsp3) is 0.333. The van der Waals surface area contributed by atoms with Gasteiger partial charge < -0.3 is 11.5 Å². The smallest absolute Gasteiger partial charge is 0.226 e. The number of benzene rings is 1. The Hall–Kier alpha value is -1.60. The van der Waals surface area contributed by atoms with Gasteiger partial charge in [-0.3, -0.25) is 4.84 Å². The van der Waals surface area contributed by atoms with Gasteiger partial charge in [-0.25, -0.2) is 4.99 Å². The lowest BCUT2D eigenvalue weighted by molar-refractivity contribution is -0.166. The van der Waals surface area contributed by atoms with Crippen molar-refractivity contribution in [3.63, 3.8) is 0 Å². The van der Waals surface area contributed by atoms with Gasteiger partial charge in [0.15, 0.2) is 5.66 Å². The van der Waals surface area contributed by atoms with Gasteiger partial charge in [0, 0.05) is 0 Å². The third kappa shape index (κ3) is 3.68. The molecule has 1 heterocycles. The van der Waals surface area contributed by atoms with E-state index in [0.717, 1.165) is 5.56 Å². The van der Waals surface area contributed by atoms with Crippen molar-refractivity contribution < 1.29 is 4.84 Å². The average molecular weight is 328 g/mol. The summed E-state index contributed by atoms with van der Waals surface area (Å²) in [5.74, 6) is 0.375. The number of hydrogen-bond donors (Lipinski definition) is 2. The summed E-state index contributed by atoms with van der Waals surface area (Å²) >= 11 is 0. The third-order valence-corrected chi connectivity index (χ3v) is 2.53. The monoisotopic (exact) mass is 327 g/mol. The Balaban J connectivity index is 0.00000180. The molecule has 4 N–H and O–H groups in total. The van der Waals surface area contributed by atoms with Crippen LogP contribution in [0.3, 0.4) is 0 Å². The van der Waals surface area contributed by atoms with Gasteiger partial charge >= 0.3 is 0 Å². The lowest BCUT2D eigenvalue weighted by atomic mass is 10.2. The number of rotatable bonds is 3. The van der Waals surface area contributed by atoms with Gasteiger partial charge in [-0.2, -0.15) is 10.1 Å². The molecule has 2 rings (SSSR count). The Morgan fingerprint density at radius 2 is 1.84 bits per heavy atom. The number of aliphatic imine (C=N–C) groups is 2. The van der Waals surface area contributed by atoms with E-state index in [1.54, 1.807) is 0 Å². The van der Waals surface area contributed by atoms with Crippen LogP contribution in [-0.2, 0) is 11.4 Å². The number of hydroxylamine groups is 2. The van der Waals surface area contributed by atoms with Gasteiger partial charge in [0.2, 0.25) is 11.9 Å². The largest absolute Gasteiger partial charge is 0.368 e. The first-order valence-corrected chi connectivity index (χ1v) is 5.65. The minimum Gasteiger partial charge on any atom is -0.368 e. The Morgan fingerprint density at radius 1 is 1.21 bits per heavy atom. The zero-order valence-corrected chi connectivity index (χ0v) is 12.6. The number of nitrogens with two attached hydrogens (primary N) is 2.